The summed E-state index contributed by atoms with van der Waals surface area (Å²) in [4.78, 5) is 0. The Bertz CT molecular complexity index is 1190. The maximum absolute atomic E-state index is 13.2. The van der Waals surface area contributed by atoms with Crippen molar-refractivity contribution in [1.82, 2.24) is 20.4 Å². The summed E-state index contributed by atoms with van der Waals surface area (Å²) in [5.74, 6) is 0.428. The van der Waals surface area contributed by atoms with Crippen molar-refractivity contribution in [3.63, 3.8) is 0 Å². The summed E-state index contributed by atoms with van der Waals surface area (Å²) in [6.07, 6.45) is 0. The number of hydrogen-bond donors (Lipinski definition) is 3. The second-order valence-electron chi connectivity index (χ2n) is 8.94. The smallest absolute Gasteiger partial charge is 0.148 e. The summed E-state index contributed by atoms with van der Waals surface area (Å²) < 4.78 is 13.2. The maximum Gasteiger partial charge on any atom is 0.148 e. The first-order chi connectivity index (χ1) is 14.6. The van der Waals surface area contributed by atoms with Gasteiger partial charge in [0, 0.05) is 22.9 Å². The number of nitrogens with one attached hydrogen (secondary N) is 2. The van der Waals surface area contributed by atoms with Crippen LogP contribution in [0.5, 0.6) is 0 Å². The van der Waals surface area contributed by atoms with Crippen molar-refractivity contribution >= 4 is 16.7 Å². The number of H-pyrrole nitrogens is 1. The largest absolute Gasteiger partial charge is 0.384 e. The topological polar surface area (TPSA) is 86.7 Å². The zero-order valence-corrected chi connectivity index (χ0v) is 18.1. The molecule has 0 radical (unpaired) electrons. The van der Waals surface area contributed by atoms with E-state index in [1.807, 2.05) is 30.3 Å². The Hall–Kier alpha value is -3.32. The van der Waals surface area contributed by atoms with E-state index in [2.05, 4.69) is 39.6 Å². The monoisotopic (exact) mass is 419 g/mol. The van der Waals surface area contributed by atoms with Crippen molar-refractivity contribution in [2.24, 2.45) is 0 Å². The number of benzene rings is 2. The highest BCUT2D eigenvalue weighted by Crippen LogP contribution is 2.30. The summed E-state index contributed by atoms with van der Waals surface area (Å²) in [6, 6.07) is 16.2. The molecule has 0 atom stereocenters. The van der Waals surface area contributed by atoms with Gasteiger partial charge in [-0.15, -0.1) is 10.2 Å². The Labute approximate surface area is 180 Å². The van der Waals surface area contributed by atoms with Crippen LogP contribution in [0.4, 0.5) is 10.2 Å². The van der Waals surface area contributed by atoms with Crippen LogP contribution in [0, 0.1) is 5.82 Å². The van der Waals surface area contributed by atoms with Crippen molar-refractivity contribution in [1.29, 1.82) is 0 Å². The Morgan fingerprint density at radius 2 is 1.71 bits per heavy atom. The highest BCUT2D eigenvalue weighted by Gasteiger charge is 2.23. The van der Waals surface area contributed by atoms with Crippen molar-refractivity contribution in [3.8, 4) is 11.3 Å². The lowest BCUT2D eigenvalue weighted by atomic mass is 9.84. The fourth-order valence-electron chi connectivity index (χ4n) is 3.53. The van der Waals surface area contributed by atoms with Crippen LogP contribution >= 0.6 is 0 Å². The zero-order chi connectivity index (χ0) is 22.2. The summed E-state index contributed by atoms with van der Waals surface area (Å²) >= 11 is 0. The summed E-state index contributed by atoms with van der Waals surface area (Å²) in [5.41, 5.74) is 2.87. The van der Waals surface area contributed by atoms with Gasteiger partial charge < -0.3 is 10.4 Å². The highest BCUT2D eigenvalue weighted by atomic mass is 19.1. The van der Waals surface area contributed by atoms with Gasteiger partial charge in [-0.05, 0) is 55.8 Å². The average molecular weight is 420 g/mol. The van der Waals surface area contributed by atoms with Crippen molar-refractivity contribution in [2.45, 2.75) is 38.7 Å². The Morgan fingerprint density at radius 1 is 0.968 bits per heavy atom. The van der Waals surface area contributed by atoms with E-state index in [4.69, 9.17) is 0 Å². The van der Waals surface area contributed by atoms with Gasteiger partial charge in [-0.1, -0.05) is 32.0 Å². The van der Waals surface area contributed by atoms with Gasteiger partial charge in [0.25, 0.3) is 0 Å². The minimum atomic E-state index is -1.05. The van der Waals surface area contributed by atoms with Gasteiger partial charge >= 0.3 is 0 Å². The van der Waals surface area contributed by atoms with Gasteiger partial charge in [-0.3, -0.25) is 5.10 Å². The van der Waals surface area contributed by atoms with E-state index >= 15 is 0 Å². The Balaban J connectivity index is 1.51. The van der Waals surface area contributed by atoms with Crippen LogP contribution in [0.2, 0.25) is 0 Å². The molecule has 0 fully saturated rings. The van der Waals surface area contributed by atoms with Gasteiger partial charge in [0.05, 0.1) is 11.2 Å². The molecule has 0 saturated heterocycles. The first-order valence-corrected chi connectivity index (χ1v) is 10.2. The molecule has 0 amide bonds. The fourth-order valence-corrected chi connectivity index (χ4v) is 3.53. The molecule has 0 aliphatic carbocycles. The molecule has 0 aliphatic heterocycles. The predicted octanol–water partition coefficient (Wildman–Crippen LogP) is 4.78. The van der Waals surface area contributed by atoms with E-state index in [-0.39, 0.29) is 11.2 Å². The molecule has 0 bridgehead atoms. The molecular weight excluding hydrogens is 393 g/mol. The Kier molecular flexibility index (Phi) is 5.23. The first kappa shape index (κ1) is 20.9. The molecule has 4 aromatic rings. The number of hydrogen-bond acceptors (Lipinski definition) is 5. The van der Waals surface area contributed by atoms with Gasteiger partial charge in [0.15, 0.2) is 0 Å². The third kappa shape index (κ3) is 4.41. The standard InChI is InChI=1S/C24H26FN5O/c1-23(2,16-6-8-17(25)9-7-16)14-26-21-12-11-19(27-29-21)15-5-10-20-18(13-15)22(30-28-20)24(3,4)31/h5-13,31H,14H2,1-4H3,(H,26,29)(H,28,30). The van der Waals surface area contributed by atoms with Crippen LogP contribution in [-0.2, 0) is 11.0 Å². The molecule has 0 unspecified atom stereocenters. The van der Waals surface area contributed by atoms with E-state index in [0.717, 1.165) is 27.7 Å². The molecule has 7 heteroatoms. The molecule has 2 aromatic carbocycles. The number of anilines is 1. The molecule has 31 heavy (non-hydrogen) atoms. The summed E-state index contributed by atoms with van der Waals surface area (Å²) in [6.45, 7) is 8.24. The van der Waals surface area contributed by atoms with E-state index < -0.39 is 5.60 Å². The number of fused-ring (bicyclic) bond motifs is 1. The zero-order valence-electron chi connectivity index (χ0n) is 18.1. The van der Waals surface area contributed by atoms with Crippen LogP contribution in [-0.4, -0.2) is 32.0 Å². The van der Waals surface area contributed by atoms with Gasteiger partial charge in [0.2, 0.25) is 0 Å². The average Bonchev–Trinajstić information content (AvgIpc) is 3.17. The van der Waals surface area contributed by atoms with Crippen LogP contribution < -0.4 is 5.32 Å². The second kappa shape index (κ2) is 7.74. The molecule has 3 N–H and O–H groups in total. The molecule has 160 valence electrons. The van der Waals surface area contributed by atoms with Gasteiger partial charge in [0.1, 0.15) is 22.9 Å². The van der Waals surface area contributed by atoms with E-state index in [1.165, 1.54) is 12.1 Å². The number of rotatable bonds is 6. The van der Waals surface area contributed by atoms with Crippen LogP contribution in [0.3, 0.4) is 0 Å². The maximum atomic E-state index is 13.2. The first-order valence-electron chi connectivity index (χ1n) is 10.2. The summed E-state index contributed by atoms with van der Waals surface area (Å²) in [7, 11) is 0. The second-order valence-corrected chi connectivity index (χ2v) is 8.94. The molecule has 2 heterocycles. The summed E-state index contributed by atoms with van der Waals surface area (Å²) in [5, 5.41) is 30.4. The molecule has 6 nitrogen and oxygen atoms in total. The third-order valence-electron chi connectivity index (χ3n) is 5.44. The Morgan fingerprint density at radius 3 is 2.35 bits per heavy atom. The van der Waals surface area contributed by atoms with Crippen LogP contribution in [0.15, 0.2) is 54.6 Å². The highest BCUT2D eigenvalue weighted by molar-refractivity contribution is 5.86. The number of aromatic amines is 1. The van der Waals surface area contributed by atoms with Crippen molar-refractivity contribution in [2.75, 3.05) is 11.9 Å². The number of nitrogens with zero attached hydrogens (tertiary/aromatic N) is 3. The van der Waals surface area contributed by atoms with E-state index in [1.54, 1.807) is 26.0 Å². The number of aromatic nitrogens is 4. The molecule has 4 rings (SSSR count). The van der Waals surface area contributed by atoms with Crippen molar-refractivity contribution < 1.29 is 9.50 Å². The molecule has 0 aliphatic rings. The lowest BCUT2D eigenvalue weighted by molar-refractivity contribution is 0.0753. The van der Waals surface area contributed by atoms with Gasteiger partial charge in [-0.2, -0.15) is 5.10 Å². The van der Waals surface area contributed by atoms with Crippen LogP contribution in [0.1, 0.15) is 39.0 Å². The van der Waals surface area contributed by atoms with E-state index in [9.17, 15) is 9.50 Å². The van der Waals surface area contributed by atoms with E-state index in [0.29, 0.717) is 18.1 Å². The normalized spacial score (nSPS) is 12.3. The molecular formula is C24H26FN5O. The lowest BCUT2D eigenvalue weighted by Gasteiger charge is -2.25. The molecule has 0 saturated carbocycles. The van der Waals surface area contributed by atoms with Crippen molar-refractivity contribution in [3.05, 3.63) is 71.7 Å². The molecule has 2 aromatic heterocycles. The SMILES string of the molecule is CC(C)(O)c1n[nH]c2ccc(-c3ccc(NCC(C)(C)c4ccc(F)cc4)nn3)cc12. The fraction of sp³-hybridized carbons (Fsp3) is 0.292. The van der Waals surface area contributed by atoms with Crippen LogP contribution in [0.25, 0.3) is 22.2 Å². The molecule has 0 spiro atoms. The number of aliphatic hydroxyl groups is 1. The number of halogens is 1. The van der Waals surface area contributed by atoms with Gasteiger partial charge in [-0.25, -0.2) is 4.39 Å². The third-order valence-corrected chi connectivity index (χ3v) is 5.44. The predicted molar refractivity (Wildman–Crippen MR) is 120 cm³/mol. The minimum absolute atomic E-state index is 0.201. The minimum Gasteiger partial charge on any atom is -0.384 e. The lowest BCUT2D eigenvalue weighted by Crippen LogP contribution is -2.28. The quantitative estimate of drug-likeness (QED) is 0.419.